The maximum Gasteiger partial charge on any atom is 0.193 e. The summed E-state index contributed by atoms with van der Waals surface area (Å²) in [4.78, 5) is 12.3. The molecule has 1 saturated heterocycles. The molecule has 1 heterocycles. The normalized spacial score (nSPS) is 17.5. The SMILES string of the molecule is C=CCCCCCN(C)C(=NCC(C)N1CCN(CC)CC1)NCC.I. The minimum Gasteiger partial charge on any atom is -0.357 e. The summed E-state index contributed by atoms with van der Waals surface area (Å²) in [6, 6.07) is 0.508. The number of likely N-dealkylation sites (N-methyl/N-ethyl adjacent to an activating group) is 1. The summed E-state index contributed by atoms with van der Waals surface area (Å²) >= 11 is 0. The predicted octanol–water partition coefficient (Wildman–Crippen LogP) is 3.27. The first-order chi connectivity index (χ1) is 12.1. The summed E-state index contributed by atoms with van der Waals surface area (Å²) in [6.07, 6.45) is 6.85. The zero-order valence-corrected chi connectivity index (χ0v) is 19.9. The van der Waals surface area contributed by atoms with Gasteiger partial charge in [0, 0.05) is 52.4 Å². The Balaban J connectivity index is 0.00000625. The van der Waals surface area contributed by atoms with Crippen LogP contribution in [0.2, 0.25) is 0 Å². The first-order valence-corrected chi connectivity index (χ1v) is 10.2. The zero-order chi connectivity index (χ0) is 18.5. The third-order valence-electron chi connectivity index (χ3n) is 5.08. The zero-order valence-electron chi connectivity index (χ0n) is 17.5. The van der Waals surface area contributed by atoms with Gasteiger partial charge in [0.1, 0.15) is 0 Å². The summed E-state index contributed by atoms with van der Waals surface area (Å²) in [7, 11) is 2.15. The first-order valence-electron chi connectivity index (χ1n) is 10.2. The van der Waals surface area contributed by atoms with E-state index < -0.39 is 0 Å². The molecule has 0 saturated carbocycles. The van der Waals surface area contributed by atoms with Crippen LogP contribution in [0.5, 0.6) is 0 Å². The van der Waals surface area contributed by atoms with Gasteiger partial charge in [-0.2, -0.15) is 0 Å². The van der Waals surface area contributed by atoms with Crippen LogP contribution < -0.4 is 5.32 Å². The minimum atomic E-state index is 0. The molecule has 0 aromatic heterocycles. The van der Waals surface area contributed by atoms with E-state index in [1.807, 2.05) is 6.08 Å². The smallest absolute Gasteiger partial charge is 0.193 e. The summed E-state index contributed by atoms with van der Waals surface area (Å²) in [5.41, 5.74) is 0. The molecule has 154 valence electrons. The fourth-order valence-corrected chi connectivity index (χ4v) is 3.24. The van der Waals surface area contributed by atoms with Gasteiger partial charge in [0.2, 0.25) is 0 Å². The Morgan fingerprint density at radius 2 is 1.88 bits per heavy atom. The molecule has 1 N–H and O–H groups in total. The van der Waals surface area contributed by atoms with Crippen molar-refractivity contribution in [2.75, 3.05) is 59.4 Å². The molecule has 0 aromatic rings. The van der Waals surface area contributed by atoms with Gasteiger partial charge in [-0.1, -0.05) is 19.4 Å². The molecule has 0 spiro atoms. The van der Waals surface area contributed by atoms with Crippen LogP contribution in [-0.2, 0) is 0 Å². The van der Waals surface area contributed by atoms with Crippen molar-refractivity contribution in [1.29, 1.82) is 0 Å². The number of piperazine rings is 1. The Kier molecular flexibility index (Phi) is 15.5. The molecular formula is C20H42IN5. The second kappa shape index (κ2) is 15.7. The summed E-state index contributed by atoms with van der Waals surface area (Å²) in [6.45, 7) is 19.2. The number of rotatable bonds is 11. The number of nitrogens with one attached hydrogen (secondary N) is 1. The Hall–Kier alpha value is -0.340. The van der Waals surface area contributed by atoms with E-state index in [1.165, 1.54) is 52.0 Å². The fraction of sp³-hybridized carbons (Fsp3) is 0.850. The van der Waals surface area contributed by atoms with E-state index in [4.69, 9.17) is 4.99 Å². The van der Waals surface area contributed by atoms with Gasteiger partial charge in [-0.15, -0.1) is 30.6 Å². The Morgan fingerprint density at radius 1 is 1.19 bits per heavy atom. The van der Waals surface area contributed by atoms with Gasteiger partial charge < -0.3 is 15.1 Å². The lowest BCUT2D eigenvalue weighted by Crippen LogP contribution is -2.50. The maximum absolute atomic E-state index is 4.90. The third-order valence-corrected chi connectivity index (χ3v) is 5.08. The monoisotopic (exact) mass is 479 g/mol. The van der Waals surface area contributed by atoms with Crippen molar-refractivity contribution in [2.24, 2.45) is 4.99 Å². The molecule has 1 aliphatic heterocycles. The van der Waals surface area contributed by atoms with Crippen LogP contribution in [0.25, 0.3) is 0 Å². The number of halogens is 1. The van der Waals surface area contributed by atoms with Crippen LogP contribution >= 0.6 is 24.0 Å². The van der Waals surface area contributed by atoms with Crippen molar-refractivity contribution < 1.29 is 0 Å². The fourth-order valence-electron chi connectivity index (χ4n) is 3.24. The molecule has 5 nitrogen and oxygen atoms in total. The summed E-state index contributed by atoms with van der Waals surface area (Å²) < 4.78 is 0. The lowest BCUT2D eigenvalue weighted by molar-refractivity contribution is 0.109. The average molecular weight is 479 g/mol. The van der Waals surface area contributed by atoms with Gasteiger partial charge in [-0.25, -0.2) is 0 Å². The second-order valence-corrected chi connectivity index (χ2v) is 7.07. The highest BCUT2D eigenvalue weighted by Crippen LogP contribution is 2.07. The average Bonchev–Trinajstić information content (AvgIpc) is 2.64. The van der Waals surface area contributed by atoms with Crippen LogP contribution in [0.1, 0.15) is 46.5 Å². The molecule has 1 aliphatic rings. The number of allylic oxidation sites excluding steroid dienone is 1. The Morgan fingerprint density at radius 3 is 2.46 bits per heavy atom. The van der Waals surface area contributed by atoms with Crippen LogP contribution in [0.15, 0.2) is 17.6 Å². The van der Waals surface area contributed by atoms with Crippen molar-refractivity contribution in [3.8, 4) is 0 Å². The van der Waals surface area contributed by atoms with Crippen LogP contribution in [0, 0.1) is 0 Å². The standard InChI is InChI=1S/C20H41N5.HI/c1-6-9-10-11-12-13-23(5)20(21-7-2)22-18-19(4)25-16-14-24(8-3)15-17-25;/h6,19H,1,7-18H2,2-5H3,(H,21,22);1H. The Labute approximate surface area is 179 Å². The van der Waals surface area contributed by atoms with Crippen molar-refractivity contribution >= 4 is 29.9 Å². The summed E-state index contributed by atoms with van der Waals surface area (Å²) in [5, 5.41) is 3.44. The van der Waals surface area contributed by atoms with Crippen molar-refractivity contribution in [1.82, 2.24) is 20.0 Å². The lowest BCUT2D eigenvalue weighted by Gasteiger charge is -2.37. The molecule has 6 heteroatoms. The number of aliphatic imine (C=N–C) groups is 1. The predicted molar refractivity (Wildman–Crippen MR) is 126 cm³/mol. The van der Waals surface area contributed by atoms with E-state index in [2.05, 4.69) is 54.4 Å². The number of nitrogens with zero attached hydrogens (tertiary/aromatic N) is 4. The number of guanidine groups is 1. The summed E-state index contributed by atoms with van der Waals surface area (Å²) in [5.74, 6) is 1.05. The molecule has 1 rings (SSSR count). The van der Waals surface area contributed by atoms with E-state index in [0.717, 1.165) is 32.0 Å². The van der Waals surface area contributed by atoms with Crippen molar-refractivity contribution in [3.63, 3.8) is 0 Å². The number of hydrogen-bond acceptors (Lipinski definition) is 3. The molecular weight excluding hydrogens is 437 g/mol. The van der Waals surface area contributed by atoms with E-state index in [-0.39, 0.29) is 24.0 Å². The van der Waals surface area contributed by atoms with Gasteiger partial charge in [0.15, 0.2) is 5.96 Å². The molecule has 0 aromatic carbocycles. The first kappa shape index (κ1) is 25.7. The number of hydrogen-bond donors (Lipinski definition) is 1. The maximum atomic E-state index is 4.90. The van der Waals surface area contributed by atoms with Gasteiger partial charge in [-0.05, 0) is 39.7 Å². The highest BCUT2D eigenvalue weighted by atomic mass is 127. The van der Waals surface area contributed by atoms with E-state index >= 15 is 0 Å². The van der Waals surface area contributed by atoms with E-state index in [0.29, 0.717) is 6.04 Å². The van der Waals surface area contributed by atoms with Crippen LogP contribution in [0.3, 0.4) is 0 Å². The largest absolute Gasteiger partial charge is 0.357 e. The molecule has 0 aliphatic carbocycles. The molecule has 1 fully saturated rings. The molecule has 0 amide bonds. The molecule has 1 unspecified atom stereocenters. The van der Waals surface area contributed by atoms with Crippen molar-refractivity contribution in [3.05, 3.63) is 12.7 Å². The molecule has 0 radical (unpaired) electrons. The van der Waals surface area contributed by atoms with Crippen molar-refractivity contribution in [2.45, 2.75) is 52.5 Å². The highest BCUT2D eigenvalue weighted by Gasteiger charge is 2.20. The van der Waals surface area contributed by atoms with E-state index in [1.54, 1.807) is 0 Å². The van der Waals surface area contributed by atoms with Gasteiger partial charge in [-0.3, -0.25) is 9.89 Å². The minimum absolute atomic E-state index is 0. The quantitative estimate of drug-likeness (QED) is 0.162. The topological polar surface area (TPSA) is 34.1 Å². The van der Waals surface area contributed by atoms with Crippen LogP contribution in [0.4, 0.5) is 0 Å². The van der Waals surface area contributed by atoms with Gasteiger partial charge >= 0.3 is 0 Å². The highest BCUT2D eigenvalue weighted by molar-refractivity contribution is 14.0. The third kappa shape index (κ3) is 10.1. The number of unbranched alkanes of at least 4 members (excludes halogenated alkanes) is 3. The Bertz CT molecular complexity index is 380. The van der Waals surface area contributed by atoms with Gasteiger partial charge in [0.05, 0.1) is 6.54 Å². The molecule has 1 atom stereocenters. The molecule has 0 bridgehead atoms. The molecule has 26 heavy (non-hydrogen) atoms. The second-order valence-electron chi connectivity index (χ2n) is 7.07. The van der Waals surface area contributed by atoms with E-state index in [9.17, 15) is 0 Å². The van der Waals surface area contributed by atoms with Crippen LogP contribution in [-0.4, -0.2) is 86.1 Å². The lowest BCUT2D eigenvalue weighted by atomic mass is 10.2. The van der Waals surface area contributed by atoms with Gasteiger partial charge in [0.25, 0.3) is 0 Å².